The molecule has 0 aliphatic carbocycles. The molecule has 0 bridgehead atoms. The average molecular weight is 395 g/mol. The lowest BCUT2D eigenvalue weighted by Gasteiger charge is -2.42. The lowest BCUT2D eigenvalue weighted by atomic mass is 9.96. The molecule has 3 atom stereocenters. The molecule has 1 heterocycles. The van der Waals surface area contributed by atoms with Crippen molar-refractivity contribution in [3.8, 4) is 0 Å². The van der Waals surface area contributed by atoms with Crippen molar-refractivity contribution in [1.82, 2.24) is 0 Å². The van der Waals surface area contributed by atoms with Crippen molar-refractivity contribution in [2.45, 2.75) is 84.7 Å². The first-order valence-electron chi connectivity index (χ1n) is 10.3. The molecule has 0 radical (unpaired) electrons. The van der Waals surface area contributed by atoms with Gasteiger partial charge in [0.05, 0.1) is 19.3 Å². The van der Waals surface area contributed by atoms with Gasteiger partial charge in [-0.3, -0.25) is 0 Å². The first-order chi connectivity index (χ1) is 12.5. The Bertz CT molecular complexity index is 540. The predicted octanol–water partition coefficient (Wildman–Crippen LogP) is 6.29. The van der Waals surface area contributed by atoms with Crippen molar-refractivity contribution in [3.63, 3.8) is 0 Å². The zero-order valence-corrected chi connectivity index (χ0v) is 20.1. The Morgan fingerprint density at radius 2 is 1.81 bits per heavy atom. The number of hydrogen-bond donors (Lipinski definition) is 0. The van der Waals surface area contributed by atoms with Gasteiger partial charge in [0, 0.05) is 13.0 Å². The van der Waals surface area contributed by atoms with Crippen LogP contribution in [0.3, 0.4) is 0 Å². The summed E-state index contributed by atoms with van der Waals surface area (Å²) in [6, 6.07) is 0. The molecule has 0 saturated heterocycles. The van der Waals surface area contributed by atoms with Crippen LogP contribution in [0.5, 0.6) is 0 Å². The normalized spacial score (nSPS) is 32.0. The van der Waals surface area contributed by atoms with Gasteiger partial charge in [-0.05, 0) is 44.8 Å². The summed E-state index contributed by atoms with van der Waals surface area (Å²) in [4.78, 5) is 0. The summed E-state index contributed by atoms with van der Waals surface area (Å²) in [6.07, 6.45) is 10.9. The number of hydrogen-bond acceptors (Lipinski definition) is 3. The molecule has 1 aliphatic heterocycles. The molecule has 0 aromatic heterocycles. The third kappa shape index (κ3) is 8.06. The van der Waals surface area contributed by atoms with Gasteiger partial charge in [0.15, 0.2) is 8.32 Å². The van der Waals surface area contributed by atoms with E-state index < -0.39 is 8.32 Å². The monoisotopic (exact) mass is 394 g/mol. The third-order valence-corrected chi connectivity index (χ3v) is 10.3. The largest absolute Gasteiger partial charge is 0.410 e. The highest BCUT2D eigenvalue weighted by molar-refractivity contribution is 6.74. The Hall–Kier alpha value is -0.683. The molecule has 0 unspecified atom stereocenters. The Morgan fingerprint density at radius 1 is 1.15 bits per heavy atom. The fourth-order valence-electron chi connectivity index (χ4n) is 2.97. The summed E-state index contributed by atoms with van der Waals surface area (Å²) in [5, 5.41) is 0.164. The van der Waals surface area contributed by atoms with E-state index >= 15 is 0 Å². The third-order valence-electron chi connectivity index (χ3n) is 5.81. The van der Waals surface area contributed by atoms with Gasteiger partial charge in [-0.15, -0.1) is 0 Å². The molecule has 156 valence electrons. The van der Waals surface area contributed by atoms with Crippen LogP contribution in [0.4, 0.5) is 0 Å². The number of ether oxygens (including phenoxy) is 2. The van der Waals surface area contributed by atoms with Gasteiger partial charge in [0.1, 0.15) is 6.10 Å². The summed E-state index contributed by atoms with van der Waals surface area (Å²) in [7, 11) is -0.128. The van der Waals surface area contributed by atoms with Gasteiger partial charge in [0.2, 0.25) is 0 Å². The van der Waals surface area contributed by atoms with Crippen molar-refractivity contribution in [2.24, 2.45) is 5.92 Å². The molecule has 0 saturated carbocycles. The zero-order valence-electron chi connectivity index (χ0n) is 19.1. The minimum atomic E-state index is -1.92. The molecule has 3 nitrogen and oxygen atoms in total. The maximum Gasteiger partial charge on any atom is 0.192 e. The van der Waals surface area contributed by atoms with Crippen LogP contribution in [-0.2, 0) is 13.9 Å². The van der Waals surface area contributed by atoms with Gasteiger partial charge in [-0.25, -0.2) is 0 Å². The van der Waals surface area contributed by atoms with Crippen LogP contribution in [0.2, 0.25) is 18.1 Å². The van der Waals surface area contributed by atoms with E-state index in [1.807, 2.05) is 0 Å². The van der Waals surface area contributed by atoms with Crippen LogP contribution in [0.25, 0.3) is 0 Å². The standard InChI is InChI=1S/C23H42O3Si/c1-18-12-10-11-13-21(24-7)22(26-27(8,9)23(4,5)6)20(3)16-19(2)17-25-15-14-18/h11,13-14,16,20-22H,10,12,15,17H2,1-9H3/b13-11+,18-14-,19-16-/t20-,21+,22+/m1/s1. The highest BCUT2D eigenvalue weighted by atomic mass is 28.4. The smallest absolute Gasteiger partial charge is 0.192 e. The minimum absolute atomic E-state index is 0.00155. The van der Waals surface area contributed by atoms with Gasteiger partial charge in [-0.2, -0.15) is 0 Å². The summed E-state index contributed by atoms with van der Waals surface area (Å²) < 4.78 is 18.6. The first kappa shape index (κ1) is 24.4. The van der Waals surface area contributed by atoms with E-state index in [1.165, 1.54) is 11.1 Å². The Morgan fingerprint density at radius 3 is 2.41 bits per heavy atom. The second-order valence-electron chi connectivity index (χ2n) is 9.45. The second-order valence-corrected chi connectivity index (χ2v) is 14.2. The van der Waals surface area contributed by atoms with Crippen LogP contribution >= 0.6 is 0 Å². The Kier molecular flexibility index (Phi) is 9.70. The molecule has 1 aliphatic rings. The van der Waals surface area contributed by atoms with Gasteiger partial charge < -0.3 is 13.9 Å². The van der Waals surface area contributed by atoms with Crippen LogP contribution in [0.1, 0.15) is 54.4 Å². The molecule has 1 rings (SSSR count). The van der Waals surface area contributed by atoms with Gasteiger partial charge in [0.25, 0.3) is 0 Å². The van der Waals surface area contributed by atoms with Crippen molar-refractivity contribution in [1.29, 1.82) is 0 Å². The summed E-state index contributed by atoms with van der Waals surface area (Å²) in [5.41, 5.74) is 2.61. The maximum absolute atomic E-state index is 6.85. The molecule has 0 N–H and O–H groups in total. The summed E-state index contributed by atoms with van der Waals surface area (Å²) >= 11 is 0. The van der Waals surface area contributed by atoms with Crippen LogP contribution in [-0.4, -0.2) is 40.8 Å². The molecule has 0 aromatic carbocycles. The highest BCUT2D eigenvalue weighted by Crippen LogP contribution is 2.39. The van der Waals surface area contributed by atoms with Gasteiger partial charge in [-0.1, -0.05) is 63.1 Å². The molecule has 27 heavy (non-hydrogen) atoms. The number of methoxy groups -OCH3 is 1. The minimum Gasteiger partial charge on any atom is -0.410 e. The fourth-order valence-corrected chi connectivity index (χ4v) is 4.35. The fraction of sp³-hybridized carbons (Fsp3) is 0.739. The van der Waals surface area contributed by atoms with E-state index in [4.69, 9.17) is 13.9 Å². The SMILES string of the molecule is CO[C@H]1/C=C/CC/C(C)=C\COC/C(C)=C\[C@@H](C)[C@@H]1O[Si](C)(C)C(C)(C)C. The summed E-state index contributed by atoms with van der Waals surface area (Å²) in [5.74, 6) is 0.248. The predicted molar refractivity (Wildman–Crippen MR) is 119 cm³/mol. The molecular formula is C23H42O3Si. The topological polar surface area (TPSA) is 27.7 Å². The van der Waals surface area contributed by atoms with Gasteiger partial charge >= 0.3 is 0 Å². The average Bonchev–Trinajstić information content (AvgIpc) is 2.55. The highest BCUT2D eigenvalue weighted by Gasteiger charge is 2.41. The number of rotatable bonds is 3. The van der Waals surface area contributed by atoms with E-state index in [0.717, 1.165) is 12.8 Å². The van der Waals surface area contributed by atoms with E-state index in [9.17, 15) is 0 Å². The first-order valence-corrected chi connectivity index (χ1v) is 13.2. The molecule has 0 fully saturated rings. The lowest BCUT2D eigenvalue weighted by Crippen LogP contribution is -2.49. The maximum atomic E-state index is 6.85. The lowest BCUT2D eigenvalue weighted by molar-refractivity contribution is 0.00552. The van der Waals surface area contributed by atoms with E-state index in [0.29, 0.717) is 13.2 Å². The van der Waals surface area contributed by atoms with E-state index in [1.54, 1.807) is 7.11 Å². The molecule has 0 amide bonds. The molecule has 0 spiro atoms. The van der Waals surface area contributed by atoms with E-state index in [-0.39, 0.29) is 23.2 Å². The Labute approximate surface area is 169 Å². The van der Waals surface area contributed by atoms with Crippen LogP contribution in [0, 0.1) is 5.92 Å². The summed E-state index contributed by atoms with van der Waals surface area (Å²) in [6.45, 7) is 19.4. The second kappa shape index (κ2) is 10.8. The quantitative estimate of drug-likeness (QED) is 0.416. The number of allylic oxidation sites excluding steroid dienone is 2. The van der Waals surface area contributed by atoms with Crippen molar-refractivity contribution >= 4 is 8.32 Å². The van der Waals surface area contributed by atoms with Crippen molar-refractivity contribution in [2.75, 3.05) is 20.3 Å². The van der Waals surface area contributed by atoms with Crippen LogP contribution < -0.4 is 0 Å². The zero-order chi connectivity index (χ0) is 20.7. The molecule has 4 heteroatoms. The Balaban J connectivity index is 3.18. The van der Waals surface area contributed by atoms with E-state index in [2.05, 4.69) is 78.9 Å². The molecule has 0 aromatic rings. The van der Waals surface area contributed by atoms with Crippen LogP contribution in [0.15, 0.2) is 35.5 Å². The van der Waals surface area contributed by atoms with Crippen molar-refractivity contribution in [3.05, 3.63) is 35.5 Å². The molecular weight excluding hydrogens is 352 g/mol. The van der Waals surface area contributed by atoms with Crippen molar-refractivity contribution < 1.29 is 13.9 Å².